The van der Waals surface area contributed by atoms with Gasteiger partial charge in [0.25, 0.3) is 11.8 Å². The Morgan fingerprint density at radius 1 is 0.971 bits per heavy atom. The maximum absolute atomic E-state index is 13.0. The average Bonchev–Trinajstić information content (AvgIpc) is 3.36. The number of piperidine rings is 1. The van der Waals surface area contributed by atoms with Gasteiger partial charge in [-0.25, -0.2) is 4.98 Å². The molecule has 2 fully saturated rings. The van der Waals surface area contributed by atoms with E-state index in [0.717, 1.165) is 27.8 Å². The van der Waals surface area contributed by atoms with Gasteiger partial charge in [-0.1, -0.05) is 36.4 Å². The number of nitrogens with zero attached hydrogens (tertiary/aromatic N) is 4. The molecule has 8 nitrogen and oxygen atoms in total. The molecule has 1 aliphatic carbocycles. The second-order valence-corrected chi connectivity index (χ2v) is 9.33. The molecule has 2 aromatic carbocycles. The molecule has 3 aromatic heterocycles. The number of nitrogens with one attached hydrogen (secondary N) is 2. The summed E-state index contributed by atoms with van der Waals surface area (Å²) < 4.78 is 1.96. The molecule has 1 saturated heterocycles. The summed E-state index contributed by atoms with van der Waals surface area (Å²) in [5.41, 5.74) is 4.53. The summed E-state index contributed by atoms with van der Waals surface area (Å²) in [4.78, 5) is 32.5. The third kappa shape index (κ3) is 3.29. The van der Waals surface area contributed by atoms with Crippen LogP contribution in [0.5, 0.6) is 0 Å². The van der Waals surface area contributed by atoms with Gasteiger partial charge in [-0.15, -0.1) is 0 Å². The average molecular weight is 463 g/mol. The van der Waals surface area contributed by atoms with Gasteiger partial charge >= 0.3 is 0 Å². The van der Waals surface area contributed by atoms with Crippen molar-refractivity contribution in [2.45, 2.75) is 6.04 Å². The minimum atomic E-state index is -0.0915. The molecule has 1 aliphatic heterocycles. The summed E-state index contributed by atoms with van der Waals surface area (Å²) in [6.07, 6.45) is 3.92. The van der Waals surface area contributed by atoms with Crippen molar-refractivity contribution in [1.82, 2.24) is 29.8 Å². The van der Waals surface area contributed by atoms with Crippen LogP contribution in [-0.4, -0.2) is 55.4 Å². The first-order chi connectivity index (χ1) is 17.2. The lowest BCUT2D eigenvalue weighted by molar-refractivity contribution is 0.0765. The second kappa shape index (κ2) is 7.53. The fraction of sp³-hybridized carbons (Fsp3) is 0.185. The number of aromatic nitrogens is 4. The zero-order valence-corrected chi connectivity index (χ0v) is 18.8. The van der Waals surface area contributed by atoms with Crippen molar-refractivity contribution in [2.75, 3.05) is 13.1 Å². The largest absolute Gasteiger partial charge is 0.349 e. The van der Waals surface area contributed by atoms with Gasteiger partial charge in [0.1, 0.15) is 5.65 Å². The summed E-state index contributed by atoms with van der Waals surface area (Å²) in [5.74, 6) is 0.426. The van der Waals surface area contributed by atoms with Crippen molar-refractivity contribution in [3.05, 3.63) is 90.4 Å². The van der Waals surface area contributed by atoms with E-state index in [-0.39, 0.29) is 29.7 Å². The number of carbonyl (C=O) groups is 2. The van der Waals surface area contributed by atoms with Crippen LogP contribution in [-0.2, 0) is 0 Å². The fourth-order valence-electron chi connectivity index (χ4n) is 5.31. The van der Waals surface area contributed by atoms with Crippen molar-refractivity contribution in [1.29, 1.82) is 0 Å². The number of pyridine rings is 1. The number of H-pyrrole nitrogens is 1. The lowest BCUT2D eigenvalue weighted by atomic mass is 10.1. The smallest absolute Gasteiger partial charge is 0.275 e. The van der Waals surface area contributed by atoms with Gasteiger partial charge in [-0.2, -0.15) is 5.10 Å². The summed E-state index contributed by atoms with van der Waals surface area (Å²) in [5, 5.41) is 11.2. The maximum atomic E-state index is 13.0. The molecule has 2 amide bonds. The van der Waals surface area contributed by atoms with Gasteiger partial charge in [0, 0.05) is 59.9 Å². The van der Waals surface area contributed by atoms with E-state index < -0.39 is 0 Å². The molecule has 0 spiro atoms. The summed E-state index contributed by atoms with van der Waals surface area (Å²) in [6, 6.07) is 21.2. The van der Waals surface area contributed by atoms with Gasteiger partial charge < -0.3 is 14.6 Å². The first-order valence-corrected chi connectivity index (χ1v) is 11.7. The van der Waals surface area contributed by atoms with Gasteiger partial charge in [0.15, 0.2) is 5.69 Å². The van der Waals surface area contributed by atoms with Crippen molar-refractivity contribution < 1.29 is 9.59 Å². The number of fused-ring (bicyclic) bond motifs is 3. The zero-order chi connectivity index (χ0) is 23.5. The third-order valence-electron chi connectivity index (χ3n) is 7.24. The molecule has 4 heterocycles. The topological polar surface area (TPSA) is 95.4 Å². The highest BCUT2D eigenvalue weighted by Gasteiger charge is 2.57. The van der Waals surface area contributed by atoms with E-state index in [1.165, 1.54) is 0 Å². The molecule has 3 atom stereocenters. The number of para-hydroxylation sites is 1. The Hall–Kier alpha value is -4.46. The van der Waals surface area contributed by atoms with Gasteiger partial charge in [-0.05, 0) is 30.3 Å². The summed E-state index contributed by atoms with van der Waals surface area (Å²) in [6.45, 7) is 1.27. The van der Waals surface area contributed by atoms with E-state index in [2.05, 4.69) is 20.5 Å². The van der Waals surface area contributed by atoms with Crippen LogP contribution in [0.25, 0.3) is 27.8 Å². The number of amides is 2. The monoisotopic (exact) mass is 462 g/mol. The molecular weight excluding hydrogens is 440 g/mol. The van der Waals surface area contributed by atoms with E-state index >= 15 is 0 Å². The molecule has 7 rings (SSSR count). The van der Waals surface area contributed by atoms with Crippen LogP contribution in [0.2, 0.25) is 0 Å². The second-order valence-electron chi connectivity index (χ2n) is 9.33. The van der Waals surface area contributed by atoms with Crippen molar-refractivity contribution in [3.8, 4) is 11.3 Å². The van der Waals surface area contributed by atoms with E-state index in [0.29, 0.717) is 24.3 Å². The Morgan fingerprint density at radius 3 is 2.66 bits per heavy atom. The Balaban J connectivity index is 1.02. The standard InChI is InChI=1S/C27H22N6O2/c34-26(17-7-5-6-16(12-17)22-15-32-11-4-3-10-23(32)28-22)29-24-19-13-33(14-20(19)24)27(35)25-18-8-1-2-9-21(18)30-31-25/h1-12,15,19-20,24H,13-14H2,(H,29,34)(H,30,31)/t19-,20+,24-. The number of hydrogen-bond donors (Lipinski definition) is 2. The molecule has 8 heteroatoms. The van der Waals surface area contributed by atoms with E-state index in [4.69, 9.17) is 0 Å². The molecule has 2 aliphatic rings. The maximum Gasteiger partial charge on any atom is 0.275 e. The van der Waals surface area contributed by atoms with Crippen LogP contribution in [0.15, 0.2) is 79.1 Å². The summed E-state index contributed by atoms with van der Waals surface area (Å²) >= 11 is 0. The van der Waals surface area contributed by atoms with Crippen LogP contribution in [0.4, 0.5) is 0 Å². The Kier molecular flexibility index (Phi) is 4.29. The quantitative estimate of drug-likeness (QED) is 0.428. The van der Waals surface area contributed by atoms with Crippen LogP contribution in [0, 0.1) is 11.8 Å². The molecule has 0 unspecified atom stereocenters. The number of rotatable bonds is 4. The molecule has 172 valence electrons. The number of imidazole rings is 1. The highest BCUT2D eigenvalue weighted by Crippen LogP contribution is 2.46. The molecule has 2 N–H and O–H groups in total. The predicted octanol–water partition coefficient (Wildman–Crippen LogP) is 3.38. The molecule has 0 bridgehead atoms. The van der Waals surface area contributed by atoms with Gasteiger partial charge in [0.2, 0.25) is 0 Å². The molecule has 1 saturated carbocycles. The SMILES string of the molecule is O=C(N[C@@H]1[C@@H]2CN(C(=O)c3n[nH]c4ccccc34)C[C@@H]21)c1cccc(-c2cn3ccccc3n2)c1. The van der Waals surface area contributed by atoms with Crippen LogP contribution in [0.1, 0.15) is 20.8 Å². The minimum absolute atomic E-state index is 0.0557. The molecular formula is C27H22N6O2. The number of aromatic amines is 1. The highest BCUT2D eigenvalue weighted by molar-refractivity contribution is 6.04. The number of likely N-dealkylation sites (tertiary alicyclic amines) is 1. The van der Waals surface area contributed by atoms with Crippen LogP contribution < -0.4 is 5.32 Å². The molecule has 0 radical (unpaired) electrons. The number of carbonyl (C=O) groups excluding carboxylic acids is 2. The third-order valence-corrected chi connectivity index (χ3v) is 7.24. The van der Waals surface area contributed by atoms with Gasteiger partial charge in [-0.3, -0.25) is 14.7 Å². The Labute approximate surface area is 200 Å². The van der Waals surface area contributed by atoms with E-state index in [1.54, 1.807) is 0 Å². The minimum Gasteiger partial charge on any atom is -0.349 e. The highest BCUT2D eigenvalue weighted by atomic mass is 16.2. The lowest BCUT2D eigenvalue weighted by Crippen LogP contribution is -2.37. The van der Waals surface area contributed by atoms with Crippen molar-refractivity contribution >= 4 is 28.4 Å². The number of hydrogen-bond acceptors (Lipinski definition) is 4. The predicted molar refractivity (Wildman–Crippen MR) is 131 cm³/mol. The fourth-order valence-corrected chi connectivity index (χ4v) is 5.31. The zero-order valence-electron chi connectivity index (χ0n) is 18.8. The Bertz CT molecular complexity index is 1570. The lowest BCUT2D eigenvalue weighted by Gasteiger charge is -2.19. The van der Waals surface area contributed by atoms with Crippen LogP contribution >= 0.6 is 0 Å². The Morgan fingerprint density at radius 2 is 1.80 bits per heavy atom. The molecule has 35 heavy (non-hydrogen) atoms. The van der Waals surface area contributed by atoms with Crippen molar-refractivity contribution in [3.63, 3.8) is 0 Å². The number of benzene rings is 2. The van der Waals surface area contributed by atoms with E-state index in [1.807, 2.05) is 88.4 Å². The van der Waals surface area contributed by atoms with Crippen molar-refractivity contribution in [2.24, 2.45) is 11.8 Å². The van der Waals surface area contributed by atoms with Gasteiger partial charge in [0.05, 0.1) is 11.2 Å². The first-order valence-electron chi connectivity index (χ1n) is 11.7. The van der Waals surface area contributed by atoms with Crippen LogP contribution in [0.3, 0.4) is 0 Å². The first kappa shape index (κ1) is 20.0. The summed E-state index contributed by atoms with van der Waals surface area (Å²) in [7, 11) is 0. The normalized spacial score (nSPS) is 20.8. The van der Waals surface area contributed by atoms with E-state index in [9.17, 15) is 9.59 Å². The molecule has 5 aromatic rings.